The third-order valence-corrected chi connectivity index (χ3v) is 5.01. The Morgan fingerprint density at radius 3 is 3.00 bits per heavy atom. The molecule has 3 heterocycles. The SMILES string of the molecule is Brc1ccsc1-c1csc(NCc2ccco2)n1. The lowest BCUT2D eigenvalue weighted by Gasteiger charge is -1.98. The molecule has 0 aliphatic heterocycles. The Hall–Kier alpha value is -1.11. The molecule has 6 heteroatoms. The summed E-state index contributed by atoms with van der Waals surface area (Å²) < 4.78 is 6.36. The van der Waals surface area contributed by atoms with Crippen molar-refractivity contribution >= 4 is 43.7 Å². The summed E-state index contributed by atoms with van der Waals surface area (Å²) in [5.41, 5.74) is 1.00. The van der Waals surface area contributed by atoms with E-state index in [0.29, 0.717) is 6.54 Å². The number of furan rings is 1. The van der Waals surface area contributed by atoms with Crippen molar-refractivity contribution in [2.75, 3.05) is 5.32 Å². The van der Waals surface area contributed by atoms with Crippen LogP contribution in [0.4, 0.5) is 5.13 Å². The number of anilines is 1. The van der Waals surface area contributed by atoms with Gasteiger partial charge in [-0.05, 0) is 39.5 Å². The van der Waals surface area contributed by atoms with E-state index >= 15 is 0 Å². The highest BCUT2D eigenvalue weighted by Crippen LogP contribution is 2.35. The average molecular weight is 341 g/mol. The minimum absolute atomic E-state index is 0.658. The molecular weight excluding hydrogens is 332 g/mol. The van der Waals surface area contributed by atoms with Gasteiger partial charge in [0.2, 0.25) is 0 Å². The van der Waals surface area contributed by atoms with E-state index in [2.05, 4.69) is 37.0 Å². The highest BCUT2D eigenvalue weighted by Gasteiger charge is 2.09. The lowest BCUT2D eigenvalue weighted by molar-refractivity contribution is 0.518. The number of thiazole rings is 1. The van der Waals surface area contributed by atoms with Gasteiger partial charge in [0.15, 0.2) is 5.13 Å². The number of thiophene rings is 1. The molecule has 3 aromatic heterocycles. The van der Waals surface area contributed by atoms with E-state index in [1.807, 2.05) is 18.2 Å². The Bertz CT molecular complexity index is 630. The van der Waals surface area contributed by atoms with Gasteiger partial charge < -0.3 is 9.73 Å². The van der Waals surface area contributed by atoms with Gasteiger partial charge in [-0.25, -0.2) is 4.98 Å². The van der Waals surface area contributed by atoms with Crippen molar-refractivity contribution in [3.63, 3.8) is 0 Å². The van der Waals surface area contributed by atoms with Crippen molar-refractivity contribution in [2.45, 2.75) is 6.54 Å². The molecule has 0 saturated carbocycles. The minimum atomic E-state index is 0.658. The van der Waals surface area contributed by atoms with Crippen molar-refractivity contribution in [1.82, 2.24) is 4.98 Å². The Labute approximate surface area is 121 Å². The van der Waals surface area contributed by atoms with Gasteiger partial charge in [-0.3, -0.25) is 0 Å². The van der Waals surface area contributed by atoms with Crippen LogP contribution in [0.2, 0.25) is 0 Å². The van der Waals surface area contributed by atoms with E-state index in [9.17, 15) is 0 Å². The lowest BCUT2D eigenvalue weighted by Crippen LogP contribution is -1.97. The van der Waals surface area contributed by atoms with E-state index in [4.69, 9.17) is 4.42 Å². The maximum Gasteiger partial charge on any atom is 0.183 e. The van der Waals surface area contributed by atoms with Gasteiger partial charge in [-0.2, -0.15) is 0 Å². The molecule has 0 spiro atoms. The van der Waals surface area contributed by atoms with Crippen LogP contribution in [-0.4, -0.2) is 4.98 Å². The quantitative estimate of drug-likeness (QED) is 0.738. The molecule has 3 aromatic rings. The van der Waals surface area contributed by atoms with Crippen molar-refractivity contribution in [3.05, 3.63) is 45.5 Å². The molecule has 0 unspecified atom stereocenters. The number of nitrogens with one attached hydrogen (secondary N) is 1. The summed E-state index contributed by atoms with van der Waals surface area (Å²) >= 11 is 6.81. The van der Waals surface area contributed by atoms with Gasteiger partial charge >= 0.3 is 0 Å². The highest BCUT2D eigenvalue weighted by atomic mass is 79.9. The summed E-state index contributed by atoms with van der Waals surface area (Å²) in [6.07, 6.45) is 1.67. The van der Waals surface area contributed by atoms with Crippen LogP contribution < -0.4 is 5.32 Å². The van der Waals surface area contributed by atoms with Crippen LogP contribution in [0.15, 0.2) is 44.1 Å². The predicted molar refractivity (Wildman–Crippen MR) is 79.2 cm³/mol. The van der Waals surface area contributed by atoms with E-state index in [1.54, 1.807) is 28.9 Å². The summed E-state index contributed by atoms with van der Waals surface area (Å²) in [4.78, 5) is 5.72. The Morgan fingerprint density at radius 1 is 1.33 bits per heavy atom. The fourth-order valence-corrected chi connectivity index (χ4v) is 3.82. The Balaban J connectivity index is 1.72. The maximum absolute atomic E-state index is 5.26. The standard InChI is InChI=1S/C12H9BrN2OS2/c13-9-3-5-17-11(9)10-7-18-12(15-10)14-6-8-2-1-4-16-8/h1-5,7H,6H2,(H,14,15). The minimum Gasteiger partial charge on any atom is -0.467 e. The zero-order valence-electron chi connectivity index (χ0n) is 9.22. The highest BCUT2D eigenvalue weighted by molar-refractivity contribution is 9.10. The van der Waals surface area contributed by atoms with Crippen LogP contribution in [0, 0.1) is 0 Å². The number of nitrogens with zero attached hydrogens (tertiary/aromatic N) is 1. The van der Waals surface area contributed by atoms with Crippen LogP contribution in [0.3, 0.4) is 0 Å². The fraction of sp³-hybridized carbons (Fsp3) is 0.0833. The third-order valence-electron chi connectivity index (χ3n) is 2.35. The second kappa shape index (κ2) is 5.26. The molecule has 1 N–H and O–H groups in total. The first-order valence-electron chi connectivity index (χ1n) is 5.28. The topological polar surface area (TPSA) is 38.1 Å². The van der Waals surface area contributed by atoms with Gasteiger partial charge in [-0.1, -0.05) is 0 Å². The molecule has 0 aliphatic rings. The third kappa shape index (κ3) is 2.50. The van der Waals surface area contributed by atoms with Crippen molar-refractivity contribution < 1.29 is 4.42 Å². The number of halogens is 1. The zero-order valence-corrected chi connectivity index (χ0v) is 12.4. The van der Waals surface area contributed by atoms with Gasteiger partial charge in [0, 0.05) is 9.85 Å². The first kappa shape index (κ1) is 12.0. The average Bonchev–Trinajstić information content (AvgIpc) is 3.07. The van der Waals surface area contributed by atoms with Gasteiger partial charge in [0.25, 0.3) is 0 Å². The molecule has 0 bridgehead atoms. The van der Waals surface area contributed by atoms with Crippen LogP contribution >= 0.6 is 38.6 Å². The van der Waals surface area contributed by atoms with Gasteiger partial charge in [-0.15, -0.1) is 22.7 Å². The first-order chi connectivity index (χ1) is 8.83. The number of rotatable bonds is 4. The molecule has 0 saturated heterocycles. The number of hydrogen-bond donors (Lipinski definition) is 1. The molecule has 3 nitrogen and oxygen atoms in total. The van der Waals surface area contributed by atoms with Crippen molar-refractivity contribution in [2.24, 2.45) is 0 Å². The molecule has 0 atom stereocenters. The molecular formula is C12H9BrN2OS2. The summed E-state index contributed by atoms with van der Waals surface area (Å²) in [6, 6.07) is 5.86. The number of aromatic nitrogens is 1. The number of hydrogen-bond acceptors (Lipinski definition) is 5. The summed E-state index contributed by atoms with van der Waals surface area (Å²) in [7, 11) is 0. The molecule has 0 fully saturated rings. The van der Waals surface area contributed by atoms with E-state index in [0.717, 1.165) is 25.9 Å². The monoisotopic (exact) mass is 340 g/mol. The normalized spacial score (nSPS) is 10.7. The maximum atomic E-state index is 5.26. The second-order valence-electron chi connectivity index (χ2n) is 3.57. The Morgan fingerprint density at radius 2 is 2.28 bits per heavy atom. The van der Waals surface area contributed by atoms with E-state index in [1.165, 1.54) is 0 Å². The first-order valence-corrected chi connectivity index (χ1v) is 7.83. The van der Waals surface area contributed by atoms with Crippen LogP contribution in [-0.2, 0) is 6.54 Å². The van der Waals surface area contributed by atoms with Crippen molar-refractivity contribution in [3.8, 4) is 10.6 Å². The van der Waals surface area contributed by atoms with Gasteiger partial charge in [0.1, 0.15) is 5.76 Å². The van der Waals surface area contributed by atoms with E-state index in [-0.39, 0.29) is 0 Å². The fourth-order valence-electron chi connectivity index (χ4n) is 1.51. The smallest absolute Gasteiger partial charge is 0.183 e. The van der Waals surface area contributed by atoms with Gasteiger partial charge in [0.05, 0.1) is 23.4 Å². The molecule has 18 heavy (non-hydrogen) atoms. The predicted octanol–water partition coefficient (Wildman–Crippen LogP) is 4.84. The van der Waals surface area contributed by atoms with Crippen molar-refractivity contribution in [1.29, 1.82) is 0 Å². The summed E-state index contributed by atoms with van der Waals surface area (Å²) in [5.74, 6) is 0.907. The van der Waals surface area contributed by atoms with Crippen LogP contribution in [0.5, 0.6) is 0 Å². The van der Waals surface area contributed by atoms with E-state index < -0.39 is 0 Å². The molecule has 0 radical (unpaired) electrons. The lowest BCUT2D eigenvalue weighted by atomic mass is 10.4. The second-order valence-corrected chi connectivity index (χ2v) is 6.20. The zero-order chi connectivity index (χ0) is 12.4. The summed E-state index contributed by atoms with van der Waals surface area (Å²) in [5, 5.41) is 8.26. The molecule has 3 rings (SSSR count). The largest absolute Gasteiger partial charge is 0.467 e. The Kier molecular flexibility index (Phi) is 3.49. The molecule has 92 valence electrons. The molecule has 0 aromatic carbocycles. The summed E-state index contributed by atoms with van der Waals surface area (Å²) in [6.45, 7) is 0.658. The molecule has 0 aliphatic carbocycles. The van der Waals surface area contributed by atoms with Crippen LogP contribution in [0.25, 0.3) is 10.6 Å². The molecule has 0 amide bonds. The van der Waals surface area contributed by atoms with Crippen LogP contribution in [0.1, 0.15) is 5.76 Å².